The molecule has 4 nitrogen and oxygen atoms in total. The number of carbonyl (C=O) groups is 1. The van der Waals surface area contributed by atoms with Crippen LogP contribution in [0.15, 0.2) is 57.8 Å². The molecule has 1 aliphatic rings. The van der Waals surface area contributed by atoms with Crippen LogP contribution in [0, 0.1) is 18.7 Å². The molecule has 0 radical (unpaired) electrons. The monoisotopic (exact) mass is 412 g/mol. The van der Waals surface area contributed by atoms with E-state index in [-0.39, 0.29) is 44.8 Å². The van der Waals surface area contributed by atoms with Crippen LogP contribution in [-0.4, -0.2) is 5.97 Å². The molecule has 1 aliphatic carbocycles. The second-order valence-electron chi connectivity index (χ2n) is 7.02. The predicted octanol–water partition coefficient (Wildman–Crippen LogP) is 5.82. The van der Waals surface area contributed by atoms with Gasteiger partial charge in [0.05, 0.1) is 21.9 Å². The van der Waals surface area contributed by atoms with Crippen molar-refractivity contribution >= 4 is 28.5 Å². The minimum absolute atomic E-state index is 0.0168. The van der Waals surface area contributed by atoms with Gasteiger partial charge >= 0.3 is 5.97 Å². The average Bonchev–Trinajstić information content (AvgIpc) is 2.70. The van der Waals surface area contributed by atoms with Crippen LogP contribution < -0.4 is 10.2 Å². The third-order valence-electron chi connectivity index (χ3n) is 5.07. The number of hydrogen-bond donors (Lipinski definition) is 0. The molecule has 3 aromatic rings. The lowest BCUT2D eigenvalue weighted by Crippen LogP contribution is -2.21. The van der Waals surface area contributed by atoms with Crippen molar-refractivity contribution in [2.24, 2.45) is 5.92 Å². The third-order valence-corrected chi connectivity index (χ3v) is 5.39. The molecule has 0 saturated heterocycles. The lowest BCUT2D eigenvalue weighted by atomic mass is 9.95. The zero-order valence-electron chi connectivity index (χ0n) is 15.7. The highest BCUT2D eigenvalue weighted by Crippen LogP contribution is 2.33. The Balaban J connectivity index is 1.73. The normalized spacial score (nSPS) is 16.2. The van der Waals surface area contributed by atoms with Crippen LogP contribution in [0.5, 0.6) is 5.75 Å². The van der Waals surface area contributed by atoms with Gasteiger partial charge in [-0.15, -0.1) is 0 Å². The van der Waals surface area contributed by atoms with Gasteiger partial charge in [-0.25, -0.2) is 4.39 Å². The van der Waals surface area contributed by atoms with Crippen molar-refractivity contribution in [2.75, 3.05) is 0 Å². The fraction of sp³-hybridized carbons (Fsp3) is 0.217. The summed E-state index contributed by atoms with van der Waals surface area (Å²) in [5.74, 6) is -0.538. The lowest BCUT2D eigenvalue weighted by Gasteiger charge is -2.16. The zero-order chi connectivity index (χ0) is 20.5. The van der Waals surface area contributed by atoms with Gasteiger partial charge in [0.1, 0.15) is 22.9 Å². The number of benzene rings is 2. The van der Waals surface area contributed by atoms with Crippen molar-refractivity contribution < 1.29 is 18.3 Å². The number of esters is 1. The number of hydrogen-bond acceptors (Lipinski definition) is 4. The first-order chi connectivity index (χ1) is 14.0. The number of rotatable bonds is 3. The molecule has 148 valence electrons. The van der Waals surface area contributed by atoms with Gasteiger partial charge in [-0.2, -0.15) is 0 Å². The van der Waals surface area contributed by atoms with Gasteiger partial charge in [0, 0.05) is 11.6 Å². The minimum Gasteiger partial charge on any atom is -0.460 e. The molecule has 0 amide bonds. The van der Waals surface area contributed by atoms with Gasteiger partial charge in [-0.3, -0.25) is 9.59 Å². The van der Waals surface area contributed by atoms with E-state index in [9.17, 15) is 14.0 Å². The molecular weight excluding hydrogens is 395 g/mol. The Morgan fingerprint density at radius 1 is 1.21 bits per heavy atom. The van der Waals surface area contributed by atoms with E-state index >= 15 is 0 Å². The third kappa shape index (κ3) is 3.70. The van der Waals surface area contributed by atoms with Crippen LogP contribution in [0.2, 0.25) is 5.02 Å². The van der Waals surface area contributed by atoms with E-state index in [1.165, 1.54) is 36.4 Å². The molecule has 2 aromatic carbocycles. The Kier molecular flexibility index (Phi) is 5.24. The lowest BCUT2D eigenvalue weighted by molar-refractivity contribution is -0.139. The van der Waals surface area contributed by atoms with E-state index in [2.05, 4.69) is 6.08 Å². The Hall–Kier alpha value is -2.92. The maximum absolute atomic E-state index is 14.4. The molecule has 0 fully saturated rings. The molecule has 1 heterocycles. The molecule has 1 aromatic heterocycles. The largest absolute Gasteiger partial charge is 0.460 e. The van der Waals surface area contributed by atoms with Gasteiger partial charge < -0.3 is 9.15 Å². The zero-order valence-corrected chi connectivity index (χ0v) is 16.5. The average molecular weight is 413 g/mol. The summed E-state index contributed by atoms with van der Waals surface area (Å²) in [5.41, 5.74) is -0.0360. The first kappa shape index (κ1) is 19.4. The molecule has 6 heteroatoms. The molecule has 1 atom stereocenters. The Bertz CT molecular complexity index is 1180. The topological polar surface area (TPSA) is 56.5 Å². The van der Waals surface area contributed by atoms with E-state index in [4.69, 9.17) is 20.8 Å². The van der Waals surface area contributed by atoms with E-state index in [0.29, 0.717) is 12.2 Å². The number of carbonyl (C=O) groups excluding carboxylic acids is 1. The van der Waals surface area contributed by atoms with Crippen LogP contribution in [-0.2, 0) is 4.79 Å². The number of halogens is 2. The van der Waals surface area contributed by atoms with Gasteiger partial charge in [0.25, 0.3) is 0 Å². The van der Waals surface area contributed by atoms with Crippen molar-refractivity contribution in [2.45, 2.75) is 26.2 Å². The van der Waals surface area contributed by atoms with Crippen molar-refractivity contribution in [3.05, 3.63) is 75.4 Å². The second-order valence-corrected chi connectivity index (χ2v) is 7.43. The predicted molar refractivity (Wildman–Crippen MR) is 110 cm³/mol. The van der Waals surface area contributed by atoms with Crippen molar-refractivity contribution in [1.29, 1.82) is 0 Å². The summed E-state index contributed by atoms with van der Waals surface area (Å²) in [7, 11) is 0. The minimum atomic E-state index is -0.598. The first-order valence-electron chi connectivity index (χ1n) is 9.34. The molecule has 29 heavy (non-hydrogen) atoms. The highest BCUT2D eigenvalue weighted by atomic mass is 35.5. The maximum atomic E-state index is 14.4. The molecule has 0 spiro atoms. The summed E-state index contributed by atoms with van der Waals surface area (Å²) in [6.07, 6.45) is 6.30. The van der Waals surface area contributed by atoms with E-state index in [0.717, 1.165) is 12.8 Å². The van der Waals surface area contributed by atoms with Crippen molar-refractivity contribution in [1.82, 2.24) is 0 Å². The smallest absolute Gasteiger partial charge is 0.314 e. The molecule has 0 saturated carbocycles. The highest BCUT2D eigenvalue weighted by Gasteiger charge is 2.22. The summed E-state index contributed by atoms with van der Waals surface area (Å²) < 4.78 is 25.6. The first-order valence-corrected chi connectivity index (χ1v) is 9.72. The highest BCUT2D eigenvalue weighted by molar-refractivity contribution is 6.33. The van der Waals surface area contributed by atoms with Crippen LogP contribution in [0.4, 0.5) is 4.39 Å². The van der Waals surface area contributed by atoms with Crippen molar-refractivity contribution in [3.63, 3.8) is 0 Å². The van der Waals surface area contributed by atoms with E-state index in [1.54, 1.807) is 6.92 Å². The Morgan fingerprint density at radius 3 is 2.76 bits per heavy atom. The molecule has 4 rings (SSSR count). The summed E-state index contributed by atoms with van der Waals surface area (Å²) in [6.45, 7) is 1.58. The quantitative estimate of drug-likeness (QED) is 0.309. The van der Waals surface area contributed by atoms with E-state index in [1.807, 2.05) is 6.08 Å². The maximum Gasteiger partial charge on any atom is 0.314 e. The van der Waals surface area contributed by atoms with Crippen LogP contribution in [0.25, 0.3) is 22.1 Å². The fourth-order valence-electron chi connectivity index (χ4n) is 3.58. The number of aryl methyl sites for hydroxylation is 1. The molecular formula is C23H18ClFO4. The summed E-state index contributed by atoms with van der Waals surface area (Å²) >= 11 is 6.13. The second kappa shape index (κ2) is 7.84. The Labute approximate surface area is 171 Å². The van der Waals surface area contributed by atoms with Gasteiger partial charge in [-0.1, -0.05) is 29.8 Å². The van der Waals surface area contributed by atoms with Gasteiger partial charge in [0.2, 0.25) is 5.43 Å². The van der Waals surface area contributed by atoms with Crippen molar-refractivity contribution in [3.8, 4) is 16.9 Å². The van der Waals surface area contributed by atoms with Crippen LogP contribution in [0.1, 0.15) is 25.0 Å². The fourth-order valence-corrected chi connectivity index (χ4v) is 3.84. The summed E-state index contributed by atoms with van der Waals surface area (Å²) in [5, 5.41) is 0.386. The summed E-state index contributed by atoms with van der Waals surface area (Å²) in [4.78, 5) is 25.4. The number of ether oxygens (including phenoxy) is 1. The number of fused-ring (bicyclic) bond motifs is 1. The van der Waals surface area contributed by atoms with Crippen LogP contribution in [0.3, 0.4) is 0 Å². The van der Waals surface area contributed by atoms with Gasteiger partial charge in [-0.05, 0) is 50.5 Å². The van der Waals surface area contributed by atoms with Gasteiger partial charge in [0.15, 0.2) is 0 Å². The molecule has 0 aliphatic heterocycles. The Morgan fingerprint density at radius 2 is 2.03 bits per heavy atom. The SMILES string of the molecule is Cc1oc2cc(OC(=O)[C@H]3CC=CCC3)ccc2c(=O)c1-c1c(F)cccc1Cl. The van der Waals surface area contributed by atoms with E-state index < -0.39 is 11.2 Å². The molecule has 0 bridgehead atoms. The standard InChI is InChI=1S/C23H18ClFO4/c1-13-20(21-17(24)8-5-9-18(21)25)22(26)16-11-10-15(12-19(16)28-13)29-23(27)14-6-3-2-4-7-14/h2-3,5,8-12,14H,4,6-7H2,1H3/t14-/m0/s1. The number of allylic oxidation sites excluding steroid dienone is 2. The summed E-state index contributed by atoms with van der Waals surface area (Å²) in [6, 6.07) is 8.80. The molecule has 0 unspecified atom stereocenters. The molecule has 0 N–H and O–H groups in total. The van der Waals surface area contributed by atoms with Crippen LogP contribution >= 0.6 is 11.6 Å².